The van der Waals surface area contributed by atoms with E-state index in [1.54, 1.807) is 0 Å². The Kier molecular flexibility index (Phi) is 8.15. The number of halogens is 1. The summed E-state index contributed by atoms with van der Waals surface area (Å²) in [6.45, 7) is 9.17. The summed E-state index contributed by atoms with van der Waals surface area (Å²) in [4.78, 5) is 1.26. The summed E-state index contributed by atoms with van der Waals surface area (Å²) in [6, 6.07) is 30.5. The fourth-order valence-electron chi connectivity index (χ4n) is 3.85. The van der Waals surface area contributed by atoms with Gasteiger partial charge in [0.2, 0.25) is 4.86 Å². The molecule has 0 nitrogen and oxygen atoms in total. The van der Waals surface area contributed by atoms with Crippen molar-refractivity contribution in [1.29, 1.82) is 0 Å². The Hall–Kier alpha value is -1.38. The number of benzene rings is 3. The summed E-state index contributed by atoms with van der Waals surface area (Å²) in [7, 11) is 1.03. The van der Waals surface area contributed by atoms with Gasteiger partial charge in [-0.2, -0.15) is 0 Å². The maximum absolute atomic E-state index is 4.32. The average Bonchev–Trinajstić information content (AvgIpc) is 2.77. The zero-order valence-electron chi connectivity index (χ0n) is 17.4. The molecule has 3 aromatic carbocycles. The maximum atomic E-state index is 4.32. The molecule has 0 saturated carbocycles. The van der Waals surface area contributed by atoms with E-state index >= 15 is 0 Å². The first kappa shape index (κ1) is 22.3. The van der Waals surface area contributed by atoms with Gasteiger partial charge in [0, 0.05) is 5.92 Å². The Bertz CT molecular complexity index is 904. The van der Waals surface area contributed by atoms with E-state index < -0.39 is 0 Å². The van der Waals surface area contributed by atoms with Gasteiger partial charge in [-0.1, -0.05) is 105 Å². The van der Waals surface area contributed by atoms with E-state index in [0.29, 0.717) is 11.3 Å². The molecule has 148 valence electrons. The molecule has 2 atom stereocenters. The van der Waals surface area contributed by atoms with Crippen LogP contribution in [0.1, 0.15) is 48.4 Å². The molecule has 0 heterocycles. The summed E-state index contributed by atoms with van der Waals surface area (Å²) in [5.41, 5.74) is 6.59. The van der Waals surface area contributed by atoms with Gasteiger partial charge in [0.15, 0.2) is 0 Å². The standard InChI is InChI=1S/C26H29BIP/c1-20(21-10-6-4-7-11-21)22-14-16-24(17-15-22)25(23-12-8-5-9-13-23)18-26(2,3)19-29-27-28/h4-17,25,27,29H,1,18-19H2,2-3H3. The second-order valence-electron chi connectivity index (χ2n) is 8.36. The largest absolute Gasteiger partial charge is 0.225 e. The highest BCUT2D eigenvalue weighted by Gasteiger charge is 2.25. The smallest absolute Gasteiger partial charge is 0.148 e. The van der Waals surface area contributed by atoms with Crippen molar-refractivity contribution in [2.24, 2.45) is 5.41 Å². The number of hydrogen-bond donors (Lipinski definition) is 0. The fourth-order valence-corrected chi connectivity index (χ4v) is 5.57. The number of hydrogen-bond acceptors (Lipinski definition) is 0. The van der Waals surface area contributed by atoms with Gasteiger partial charge in [-0.05, 0) is 45.8 Å². The average molecular weight is 510 g/mol. The summed E-state index contributed by atoms with van der Waals surface area (Å²) < 4.78 is 0. The van der Waals surface area contributed by atoms with Gasteiger partial charge in [-0.25, -0.2) is 0 Å². The predicted octanol–water partition coefficient (Wildman–Crippen LogP) is 7.68. The lowest BCUT2D eigenvalue weighted by atomic mass is 9.77. The molecule has 0 radical (unpaired) electrons. The van der Waals surface area contributed by atoms with E-state index in [9.17, 15) is 0 Å². The van der Waals surface area contributed by atoms with E-state index in [0.717, 1.165) is 14.0 Å². The van der Waals surface area contributed by atoms with Gasteiger partial charge in [-0.3, -0.25) is 0 Å². The van der Waals surface area contributed by atoms with Crippen LogP contribution in [0.2, 0.25) is 0 Å². The topological polar surface area (TPSA) is 0 Å². The number of rotatable bonds is 9. The van der Waals surface area contributed by atoms with Gasteiger partial charge < -0.3 is 0 Å². The highest BCUT2D eigenvalue weighted by Crippen LogP contribution is 2.40. The molecule has 0 bridgehead atoms. The monoisotopic (exact) mass is 510 g/mol. The molecule has 0 saturated heterocycles. The van der Waals surface area contributed by atoms with E-state index in [2.05, 4.69) is 122 Å². The highest BCUT2D eigenvalue weighted by atomic mass is 127. The summed E-state index contributed by atoms with van der Waals surface area (Å²) in [5.74, 6) is 0.421. The lowest BCUT2D eigenvalue weighted by Gasteiger charge is -2.30. The molecule has 3 heteroatoms. The lowest BCUT2D eigenvalue weighted by molar-refractivity contribution is 0.365. The van der Waals surface area contributed by atoms with Crippen LogP contribution in [0.4, 0.5) is 0 Å². The van der Waals surface area contributed by atoms with Crippen LogP contribution in [0.15, 0.2) is 91.5 Å². The SMILES string of the molecule is C=C(c1ccccc1)c1ccc(C(CC(C)(C)CPBI)c2ccccc2)cc1. The third-order valence-electron chi connectivity index (χ3n) is 5.44. The van der Waals surface area contributed by atoms with Gasteiger partial charge in [0.05, 0.1) is 0 Å². The molecule has 0 aliphatic rings. The molecule has 29 heavy (non-hydrogen) atoms. The molecule has 2 unspecified atom stereocenters. The molecule has 0 amide bonds. The third kappa shape index (κ3) is 6.30. The molecule has 0 N–H and O–H groups in total. The second kappa shape index (κ2) is 10.6. The molecule has 0 fully saturated rings. The van der Waals surface area contributed by atoms with Crippen LogP contribution in [0.3, 0.4) is 0 Å². The molecule has 3 rings (SSSR count). The second-order valence-corrected chi connectivity index (χ2v) is 11.8. The van der Waals surface area contributed by atoms with E-state index in [-0.39, 0.29) is 0 Å². The molecular weight excluding hydrogens is 481 g/mol. The Morgan fingerprint density at radius 2 is 1.38 bits per heavy atom. The quantitative estimate of drug-likeness (QED) is 0.158. The molecule has 0 aromatic heterocycles. The first-order chi connectivity index (χ1) is 14.0. The van der Waals surface area contributed by atoms with Crippen molar-refractivity contribution in [3.63, 3.8) is 0 Å². The molecular formula is C26H29BIP. The van der Waals surface area contributed by atoms with Crippen LogP contribution in [-0.4, -0.2) is 11.0 Å². The minimum absolute atomic E-state index is 0.330. The minimum atomic E-state index is 0.330. The first-order valence-electron chi connectivity index (χ1n) is 10.2. The summed E-state index contributed by atoms with van der Waals surface area (Å²) >= 11 is 2.50. The van der Waals surface area contributed by atoms with Gasteiger partial charge >= 0.3 is 0 Å². The Morgan fingerprint density at radius 3 is 1.97 bits per heavy atom. The lowest BCUT2D eigenvalue weighted by Crippen LogP contribution is -2.19. The van der Waals surface area contributed by atoms with Crippen LogP contribution < -0.4 is 0 Å². The van der Waals surface area contributed by atoms with Crippen molar-refractivity contribution in [2.75, 3.05) is 6.16 Å². The van der Waals surface area contributed by atoms with Crippen molar-refractivity contribution in [3.05, 3.63) is 114 Å². The molecule has 0 aliphatic heterocycles. The van der Waals surface area contributed by atoms with Crippen LogP contribution in [0.5, 0.6) is 0 Å². The van der Waals surface area contributed by atoms with E-state index in [1.165, 1.54) is 39.7 Å². The maximum Gasteiger partial charge on any atom is 0.225 e. The Labute approximate surface area is 192 Å². The van der Waals surface area contributed by atoms with Crippen LogP contribution in [0.25, 0.3) is 5.57 Å². The van der Waals surface area contributed by atoms with Crippen LogP contribution >= 0.6 is 30.8 Å². The van der Waals surface area contributed by atoms with Crippen LogP contribution in [-0.2, 0) is 0 Å². The Morgan fingerprint density at radius 1 is 0.862 bits per heavy atom. The zero-order valence-corrected chi connectivity index (χ0v) is 20.5. The predicted molar refractivity (Wildman–Crippen MR) is 142 cm³/mol. The fraction of sp³-hybridized carbons (Fsp3) is 0.231. The first-order valence-corrected chi connectivity index (χ1v) is 13.1. The van der Waals surface area contributed by atoms with Crippen molar-refractivity contribution in [3.8, 4) is 0 Å². The normalized spacial score (nSPS) is 12.8. The van der Waals surface area contributed by atoms with Gasteiger partial charge in [-0.15, -0.1) is 30.8 Å². The zero-order chi connectivity index (χ0) is 20.7. The molecule has 3 aromatic rings. The minimum Gasteiger partial charge on any atom is -0.148 e. The summed E-state index contributed by atoms with van der Waals surface area (Å²) in [6.07, 6.45) is 2.46. The summed E-state index contributed by atoms with van der Waals surface area (Å²) in [5, 5.41) is 0. The molecule has 0 aliphatic carbocycles. The van der Waals surface area contributed by atoms with Crippen molar-refractivity contribution < 1.29 is 0 Å². The van der Waals surface area contributed by atoms with Gasteiger partial charge in [0.1, 0.15) is 0 Å². The van der Waals surface area contributed by atoms with Crippen LogP contribution in [0, 0.1) is 5.41 Å². The van der Waals surface area contributed by atoms with E-state index in [4.69, 9.17) is 0 Å². The van der Waals surface area contributed by atoms with Crippen molar-refractivity contribution >= 4 is 41.3 Å². The third-order valence-corrected chi connectivity index (χ3v) is 8.45. The van der Waals surface area contributed by atoms with E-state index in [1.807, 2.05) is 6.07 Å². The van der Waals surface area contributed by atoms with Crippen molar-refractivity contribution in [2.45, 2.75) is 26.2 Å². The Balaban J connectivity index is 1.87. The van der Waals surface area contributed by atoms with Crippen molar-refractivity contribution in [1.82, 2.24) is 0 Å². The van der Waals surface area contributed by atoms with Gasteiger partial charge in [0.25, 0.3) is 0 Å². The molecule has 0 spiro atoms. The highest BCUT2D eigenvalue weighted by molar-refractivity contribution is 14.1.